The highest BCUT2D eigenvalue weighted by molar-refractivity contribution is 7.16. The van der Waals surface area contributed by atoms with Gasteiger partial charge in [0.05, 0.1) is 12.2 Å². The minimum Gasteiger partial charge on any atom is -0.462 e. The Hall–Kier alpha value is -2.34. The lowest BCUT2D eigenvalue weighted by atomic mass is 10.1. The molecule has 3 rings (SSSR count). The van der Waals surface area contributed by atoms with Gasteiger partial charge in [0.2, 0.25) is 6.79 Å². The molecule has 0 aliphatic carbocycles. The molecule has 120 valence electrons. The smallest absolute Gasteiger partial charge is 0.341 e. The Morgan fingerprint density at radius 1 is 1.35 bits per heavy atom. The fourth-order valence-electron chi connectivity index (χ4n) is 2.27. The molecule has 0 unspecified atom stereocenters. The molecule has 5 nitrogen and oxygen atoms in total. The first-order chi connectivity index (χ1) is 11.1. The van der Waals surface area contributed by atoms with E-state index < -0.39 is 0 Å². The van der Waals surface area contributed by atoms with Crippen molar-refractivity contribution in [2.45, 2.75) is 20.8 Å². The van der Waals surface area contributed by atoms with Crippen LogP contribution in [-0.4, -0.2) is 25.6 Å². The van der Waals surface area contributed by atoms with Crippen LogP contribution in [0.25, 0.3) is 0 Å². The van der Waals surface area contributed by atoms with Crippen LogP contribution in [0.3, 0.4) is 0 Å². The maximum atomic E-state index is 12.1. The molecule has 1 aromatic heterocycles. The van der Waals surface area contributed by atoms with Crippen molar-refractivity contribution in [1.82, 2.24) is 0 Å². The molecule has 6 heteroatoms. The van der Waals surface area contributed by atoms with E-state index in [9.17, 15) is 4.79 Å². The number of hydrogen-bond donors (Lipinski definition) is 0. The minimum atomic E-state index is -0.327. The summed E-state index contributed by atoms with van der Waals surface area (Å²) in [6, 6.07) is 5.61. The lowest BCUT2D eigenvalue weighted by molar-refractivity contribution is 0.0527. The van der Waals surface area contributed by atoms with E-state index >= 15 is 0 Å². The Kier molecular flexibility index (Phi) is 4.34. The molecule has 0 N–H and O–H groups in total. The molecule has 1 aliphatic rings. The number of hydrogen-bond acceptors (Lipinski definition) is 6. The second kappa shape index (κ2) is 6.42. The SMILES string of the molecule is CCOC(=O)c1c(N=Cc2ccc3c(c2)OCO3)sc(C)c1C. The van der Waals surface area contributed by atoms with Crippen LogP contribution in [0.2, 0.25) is 0 Å². The number of aliphatic imine (C=N–C) groups is 1. The first-order valence-corrected chi connectivity index (χ1v) is 8.12. The summed E-state index contributed by atoms with van der Waals surface area (Å²) in [5.74, 6) is 1.11. The average molecular weight is 331 g/mol. The number of nitrogens with zero attached hydrogens (tertiary/aromatic N) is 1. The summed E-state index contributed by atoms with van der Waals surface area (Å²) in [4.78, 5) is 17.7. The second-order valence-corrected chi connectivity index (χ2v) is 6.26. The Morgan fingerprint density at radius 2 is 2.13 bits per heavy atom. The van der Waals surface area contributed by atoms with Gasteiger partial charge < -0.3 is 14.2 Å². The van der Waals surface area contributed by atoms with Crippen LogP contribution < -0.4 is 9.47 Å². The predicted octanol–water partition coefficient (Wildman–Crippen LogP) is 4.02. The number of benzene rings is 1. The summed E-state index contributed by atoms with van der Waals surface area (Å²) in [6.07, 6.45) is 1.72. The number of esters is 1. The first kappa shape index (κ1) is 15.6. The molecule has 0 bridgehead atoms. The summed E-state index contributed by atoms with van der Waals surface area (Å²) >= 11 is 1.49. The Labute approximate surface area is 138 Å². The number of ether oxygens (including phenoxy) is 3. The average Bonchev–Trinajstić information content (AvgIpc) is 3.10. The van der Waals surface area contributed by atoms with Crippen molar-refractivity contribution in [3.63, 3.8) is 0 Å². The summed E-state index contributed by atoms with van der Waals surface area (Å²) in [7, 11) is 0. The maximum Gasteiger partial charge on any atom is 0.341 e. The molecule has 0 spiro atoms. The quantitative estimate of drug-likeness (QED) is 0.627. The van der Waals surface area contributed by atoms with Crippen LogP contribution in [0, 0.1) is 13.8 Å². The maximum absolute atomic E-state index is 12.1. The van der Waals surface area contributed by atoms with Crippen molar-refractivity contribution in [1.29, 1.82) is 0 Å². The molecule has 0 fully saturated rings. The van der Waals surface area contributed by atoms with Crippen LogP contribution in [0.1, 0.15) is 33.3 Å². The third-order valence-electron chi connectivity index (χ3n) is 3.57. The van der Waals surface area contributed by atoms with Crippen LogP contribution in [-0.2, 0) is 4.74 Å². The Morgan fingerprint density at radius 3 is 2.91 bits per heavy atom. The predicted molar refractivity (Wildman–Crippen MR) is 89.6 cm³/mol. The normalized spacial score (nSPS) is 12.8. The number of carbonyl (C=O) groups excluding carboxylic acids is 1. The summed E-state index contributed by atoms with van der Waals surface area (Å²) in [5.41, 5.74) is 2.35. The Bertz CT molecular complexity index is 779. The molecule has 1 aromatic carbocycles. The molecule has 0 radical (unpaired) electrons. The fourth-order valence-corrected chi connectivity index (χ4v) is 3.26. The van der Waals surface area contributed by atoms with Crippen LogP contribution in [0.5, 0.6) is 11.5 Å². The first-order valence-electron chi connectivity index (χ1n) is 7.31. The Balaban J connectivity index is 1.90. The van der Waals surface area contributed by atoms with E-state index in [1.165, 1.54) is 11.3 Å². The van der Waals surface area contributed by atoms with Crippen molar-refractivity contribution in [3.05, 3.63) is 39.8 Å². The molecule has 0 saturated carbocycles. The fraction of sp³-hybridized carbons (Fsp3) is 0.294. The van der Waals surface area contributed by atoms with Gasteiger partial charge in [-0.05, 0) is 50.1 Å². The van der Waals surface area contributed by atoms with Crippen molar-refractivity contribution < 1.29 is 19.0 Å². The molecular weight excluding hydrogens is 314 g/mol. The number of carbonyl (C=O) groups is 1. The lowest BCUT2D eigenvalue weighted by Gasteiger charge is -2.02. The van der Waals surface area contributed by atoms with Gasteiger partial charge in [0.15, 0.2) is 11.5 Å². The summed E-state index contributed by atoms with van der Waals surface area (Å²) in [6.45, 7) is 6.27. The van der Waals surface area contributed by atoms with Crippen molar-refractivity contribution in [3.8, 4) is 11.5 Å². The highest BCUT2D eigenvalue weighted by Gasteiger charge is 2.20. The zero-order valence-corrected chi connectivity index (χ0v) is 14.0. The van der Waals surface area contributed by atoms with Gasteiger partial charge in [-0.1, -0.05) is 0 Å². The van der Waals surface area contributed by atoms with E-state index in [4.69, 9.17) is 14.2 Å². The highest BCUT2D eigenvalue weighted by atomic mass is 32.1. The highest BCUT2D eigenvalue weighted by Crippen LogP contribution is 2.36. The zero-order chi connectivity index (χ0) is 16.4. The molecule has 0 atom stereocenters. The van der Waals surface area contributed by atoms with Gasteiger partial charge in [-0.25, -0.2) is 9.79 Å². The van der Waals surface area contributed by atoms with Gasteiger partial charge in [0.25, 0.3) is 0 Å². The van der Waals surface area contributed by atoms with E-state index in [-0.39, 0.29) is 12.8 Å². The van der Waals surface area contributed by atoms with E-state index in [1.807, 2.05) is 32.0 Å². The monoisotopic (exact) mass is 331 g/mol. The van der Waals surface area contributed by atoms with E-state index in [1.54, 1.807) is 13.1 Å². The van der Waals surface area contributed by atoms with Gasteiger partial charge in [-0.3, -0.25) is 0 Å². The van der Waals surface area contributed by atoms with Crippen LogP contribution in [0.4, 0.5) is 5.00 Å². The number of fused-ring (bicyclic) bond motifs is 1. The molecule has 2 heterocycles. The summed E-state index contributed by atoms with van der Waals surface area (Å²) in [5, 5.41) is 0.663. The largest absolute Gasteiger partial charge is 0.462 e. The van der Waals surface area contributed by atoms with Gasteiger partial charge in [-0.15, -0.1) is 11.3 Å². The third-order valence-corrected chi connectivity index (χ3v) is 4.69. The van der Waals surface area contributed by atoms with Gasteiger partial charge >= 0.3 is 5.97 Å². The minimum absolute atomic E-state index is 0.242. The van der Waals surface area contributed by atoms with Crippen LogP contribution in [0.15, 0.2) is 23.2 Å². The van der Waals surface area contributed by atoms with E-state index in [0.717, 1.165) is 21.8 Å². The standard InChI is InChI=1S/C17H17NO4S/c1-4-20-17(19)15-10(2)11(3)23-16(15)18-8-12-5-6-13-14(7-12)22-9-21-13/h5-8H,4,9H2,1-3H3. The van der Waals surface area contributed by atoms with Gasteiger partial charge in [0.1, 0.15) is 5.00 Å². The molecule has 23 heavy (non-hydrogen) atoms. The topological polar surface area (TPSA) is 57.1 Å². The van der Waals surface area contributed by atoms with E-state index in [2.05, 4.69) is 4.99 Å². The molecule has 2 aromatic rings. The molecule has 0 amide bonds. The molecular formula is C17H17NO4S. The molecule has 1 aliphatic heterocycles. The van der Waals surface area contributed by atoms with Crippen molar-refractivity contribution >= 4 is 28.5 Å². The van der Waals surface area contributed by atoms with Gasteiger partial charge in [-0.2, -0.15) is 0 Å². The molecule has 0 saturated heterocycles. The third kappa shape index (κ3) is 3.07. The zero-order valence-electron chi connectivity index (χ0n) is 13.2. The van der Waals surface area contributed by atoms with Crippen molar-refractivity contribution in [2.75, 3.05) is 13.4 Å². The number of aryl methyl sites for hydroxylation is 1. The van der Waals surface area contributed by atoms with Crippen molar-refractivity contribution in [2.24, 2.45) is 4.99 Å². The number of rotatable bonds is 4. The van der Waals surface area contributed by atoms with E-state index in [0.29, 0.717) is 22.9 Å². The lowest BCUT2D eigenvalue weighted by Crippen LogP contribution is -2.05. The van der Waals surface area contributed by atoms with Crippen LogP contribution >= 0.6 is 11.3 Å². The second-order valence-electron chi connectivity index (χ2n) is 5.05. The summed E-state index contributed by atoms with van der Waals surface area (Å²) < 4.78 is 15.8. The van der Waals surface area contributed by atoms with Gasteiger partial charge in [0, 0.05) is 11.1 Å². The number of thiophene rings is 1.